The average molecular weight is 265 g/mol. The molecule has 0 saturated carbocycles. The number of aromatic hydroxyl groups is 1. The molecule has 0 bridgehead atoms. The third-order valence-electron chi connectivity index (χ3n) is 2.41. The first-order valence-corrected chi connectivity index (χ1v) is 5.94. The first kappa shape index (κ1) is 15.0. The SMILES string of the molecule is COC(=O)OC/C=C/CN(C)Cc1cccc(O)c1. The van der Waals surface area contributed by atoms with Crippen LogP contribution in [0.1, 0.15) is 5.56 Å². The van der Waals surface area contributed by atoms with Gasteiger partial charge < -0.3 is 14.6 Å². The van der Waals surface area contributed by atoms with Gasteiger partial charge in [0.2, 0.25) is 0 Å². The molecular formula is C14H19NO4. The van der Waals surface area contributed by atoms with Crippen LogP contribution >= 0.6 is 0 Å². The summed E-state index contributed by atoms with van der Waals surface area (Å²) in [5.41, 5.74) is 1.04. The van der Waals surface area contributed by atoms with Gasteiger partial charge in [-0.3, -0.25) is 4.90 Å². The van der Waals surface area contributed by atoms with E-state index in [0.717, 1.165) is 18.7 Å². The number of carbonyl (C=O) groups is 1. The van der Waals surface area contributed by atoms with Crippen molar-refractivity contribution in [2.75, 3.05) is 27.3 Å². The molecule has 104 valence electrons. The highest BCUT2D eigenvalue weighted by atomic mass is 16.7. The molecule has 0 unspecified atom stereocenters. The number of benzene rings is 1. The summed E-state index contributed by atoms with van der Waals surface area (Å²) >= 11 is 0. The van der Waals surface area contributed by atoms with E-state index >= 15 is 0 Å². The van der Waals surface area contributed by atoms with Crippen molar-refractivity contribution in [3.63, 3.8) is 0 Å². The summed E-state index contributed by atoms with van der Waals surface area (Å²) in [6, 6.07) is 7.16. The van der Waals surface area contributed by atoms with E-state index in [9.17, 15) is 9.90 Å². The quantitative estimate of drug-likeness (QED) is 0.631. The topological polar surface area (TPSA) is 59.0 Å². The molecule has 0 saturated heterocycles. The minimum atomic E-state index is -0.683. The molecule has 0 heterocycles. The third kappa shape index (κ3) is 6.47. The van der Waals surface area contributed by atoms with Gasteiger partial charge in [-0.2, -0.15) is 0 Å². The van der Waals surface area contributed by atoms with Crippen molar-refractivity contribution in [1.82, 2.24) is 4.90 Å². The Morgan fingerprint density at radius 2 is 2.21 bits per heavy atom. The summed E-state index contributed by atoms with van der Waals surface area (Å²) in [7, 11) is 3.24. The second-order valence-electron chi connectivity index (χ2n) is 4.10. The third-order valence-corrected chi connectivity index (χ3v) is 2.41. The Balaban J connectivity index is 2.26. The van der Waals surface area contributed by atoms with Crippen molar-refractivity contribution in [3.05, 3.63) is 42.0 Å². The maximum atomic E-state index is 10.7. The monoisotopic (exact) mass is 265 g/mol. The van der Waals surface area contributed by atoms with Gasteiger partial charge in [-0.1, -0.05) is 18.2 Å². The minimum Gasteiger partial charge on any atom is -0.508 e. The Morgan fingerprint density at radius 1 is 1.42 bits per heavy atom. The molecule has 0 amide bonds. The van der Waals surface area contributed by atoms with Crippen molar-refractivity contribution in [3.8, 4) is 5.75 Å². The summed E-state index contributed by atoms with van der Waals surface area (Å²) < 4.78 is 9.05. The van der Waals surface area contributed by atoms with Crippen LogP contribution < -0.4 is 0 Å². The van der Waals surface area contributed by atoms with E-state index in [1.54, 1.807) is 18.2 Å². The summed E-state index contributed by atoms with van der Waals surface area (Å²) in [6.45, 7) is 1.66. The molecular weight excluding hydrogens is 246 g/mol. The standard InChI is InChI=1S/C14H19NO4/c1-15(8-3-4-9-19-14(17)18-2)11-12-6-5-7-13(16)10-12/h3-7,10,16H,8-9,11H2,1-2H3/b4-3+. The average Bonchev–Trinajstić information content (AvgIpc) is 2.38. The van der Waals surface area contributed by atoms with E-state index < -0.39 is 6.16 Å². The molecule has 1 aromatic rings. The van der Waals surface area contributed by atoms with Gasteiger partial charge >= 0.3 is 6.16 Å². The van der Waals surface area contributed by atoms with Crippen LogP contribution in [0.25, 0.3) is 0 Å². The number of ether oxygens (including phenoxy) is 2. The predicted octanol–water partition coefficient (Wildman–Crippen LogP) is 2.16. The molecule has 0 aromatic heterocycles. The van der Waals surface area contributed by atoms with Crippen molar-refractivity contribution in [1.29, 1.82) is 0 Å². The number of carbonyl (C=O) groups excluding carboxylic acids is 1. The van der Waals surface area contributed by atoms with Crippen LogP contribution in [-0.4, -0.2) is 43.5 Å². The lowest BCUT2D eigenvalue weighted by molar-refractivity contribution is 0.0817. The second-order valence-corrected chi connectivity index (χ2v) is 4.10. The van der Waals surface area contributed by atoms with E-state index in [2.05, 4.69) is 9.64 Å². The fourth-order valence-electron chi connectivity index (χ4n) is 1.53. The number of rotatable bonds is 6. The van der Waals surface area contributed by atoms with E-state index in [1.807, 2.05) is 25.3 Å². The summed E-state index contributed by atoms with van der Waals surface area (Å²) in [6.07, 6.45) is 2.99. The van der Waals surface area contributed by atoms with Crippen LogP contribution in [0.15, 0.2) is 36.4 Å². The van der Waals surface area contributed by atoms with E-state index in [0.29, 0.717) is 0 Å². The molecule has 5 heteroatoms. The molecule has 0 radical (unpaired) electrons. The molecule has 5 nitrogen and oxygen atoms in total. The summed E-state index contributed by atoms with van der Waals surface area (Å²) in [5, 5.41) is 9.35. The molecule has 0 fully saturated rings. The normalized spacial score (nSPS) is 10.9. The van der Waals surface area contributed by atoms with Gasteiger partial charge in [0.25, 0.3) is 0 Å². The van der Waals surface area contributed by atoms with Gasteiger partial charge in [-0.25, -0.2) is 4.79 Å². The van der Waals surface area contributed by atoms with Crippen LogP contribution in [-0.2, 0) is 16.0 Å². The lowest BCUT2D eigenvalue weighted by Crippen LogP contribution is -2.17. The molecule has 0 aliphatic carbocycles. The Bertz CT molecular complexity index is 431. The van der Waals surface area contributed by atoms with Crippen molar-refractivity contribution >= 4 is 6.16 Å². The van der Waals surface area contributed by atoms with Crippen LogP contribution in [0.5, 0.6) is 5.75 Å². The number of methoxy groups -OCH3 is 1. The highest BCUT2D eigenvalue weighted by Crippen LogP contribution is 2.12. The highest BCUT2D eigenvalue weighted by molar-refractivity contribution is 5.59. The Kier molecular flexibility index (Phi) is 6.46. The van der Waals surface area contributed by atoms with Gasteiger partial charge in [0.05, 0.1) is 7.11 Å². The van der Waals surface area contributed by atoms with Gasteiger partial charge in [0.1, 0.15) is 12.4 Å². The lowest BCUT2D eigenvalue weighted by atomic mass is 10.2. The second kappa shape index (κ2) is 8.16. The number of phenolic OH excluding ortho intramolecular Hbond substituents is 1. The van der Waals surface area contributed by atoms with Crippen molar-refractivity contribution in [2.24, 2.45) is 0 Å². The van der Waals surface area contributed by atoms with Gasteiger partial charge in [-0.15, -0.1) is 0 Å². The zero-order valence-corrected chi connectivity index (χ0v) is 11.2. The number of phenols is 1. The van der Waals surface area contributed by atoms with E-state index in [-0.39, 0.29) is 12.4 Å². The van der Waals surface area contributed by atoms with Crippen LogP contribution in [0.3, 0.4) is 0 Å². The number of nitrogens with zero attached hydrogens (tertiary/aromatic N) is 1. The molecule has 0 aliphatic rings. The summed E-state index contributed by atoms with van der Waals surface area (Å²) in [5.74, 6) is 0.271. The maximum absolute atomic E-state index is 10.7. The Hall–Kier alpha value is -2.01. The first-order valence-electron chi connectivity index (χ1n) is 5.94. The molecule has 19 heavy (non-hydrogen) atoms. The van der Waals surface area contributed by atoms with Gasteiger partial charge in [0.15, 0.2) is 0 Å². The van der Waals surface area contributed by atoms with Crippen LogP contribution in [0, 0.1) is 0 Å². The number of likely N-dealkylation sites (N-methyl/N-ethyl adjacent to an activating group) is 1. The Labute approximate surface area is 113 Å². The van der Waals surface area contributed by atoms with Gasteiger partial charge in [-0.05, 0) is 30.8 Å². The predicted molar refractivity (Wildman–Crippen MR) is 71.9 cm³/mol. The van der Waals surface area contributed by atoms with E-state index in [1.165, 1.54) is 7.11 Å². The molecule has 0 aliphatic heterocycles. The number of hydrogen-bond acceptors (Lipinski definition) is 5. The number of hydrogen-bond donors (Lipinski definition) is 1. The maximum Gasteiger partial charge on any atom is 0.508 e. The first-order chi connectivity index (χ1) is 9.11. The van der Waals surface area contributed by atoms with Crippen molar-refractivity contribution < 1.29 is 19.4 Å². The van der Waals surface area contributed by atoms with Crippen LogP contribution in [0.4, 0.5) is 4.79 Å². The van der Waals surface area contributed by atoms with Crippen molar-refractivity contribution in [2.45, 2.75) is 6.54 Å². The smallest absolute Gasteiger partial charge is 0.508 e. The summed E-state index contributed by atoms with van der Waals surface area (Å²) in [4.78, 5) is 12.7. The fourth-order valence-corrected chi connectivity index (χ4v) is 1.53. The van der Waals surface area contributed by atoms with Crippen LogP contribution in [0.2, 0.25) is 0 Å². The molecule has 1 rings (SSSR count). The van der Waals surface area contributed by atoms with Gasteiger partial charge in [0, 0.05) is 13.1 Å². The fraction of sp³-hybridized carbons (Fsp3) is 0.357. The lowest BCUT2D eigenvalue weighted by Gasteiger charge is -2.14. The largest absolute Gasteiger partial charge is 0.508 e. The minimum absolute atomic E-state index is 0.201. The Morgan fingerprint density at radius 3 is 2.89 bits per heavy atom. The highest BCUT2D eigenvalue weighted by Gasteiger charge is 1.99. The molecule has 0 atom stereocenters. The molecule has 0 spiro atoms. The molecule has 1 N–H and O–H groups in total. The zero-order chi connectivity index (χ0) is 14.1. The molecule has 1 aromatic carbocycles. The zero-order valence-electron chi connectivity index (χ0n) is 11.2. The van der Waals surface area contributed by atoms with E-state index in [4.69, 9.17) is 4.74 Å².